The number of nitrogens with one attached hydrogen (secondary N) is 1. The fourth-order valence-corrected chi connectivity index (χ4v) is 3.27. The van der Waals surface area contributed by atoms with E-state index in [1.807, 2.05) is 0 Å². The number of ether oxygens (including phenoxy) is 3. The largest absolute Gasteiger partial charge is 0.573 e. The van der Waals surface area contributed by atoms with Crippen LogP contribution in [0, 0.1) is 0 Å². The maximum absolute atomic E-state index is 12.6. The molecule has 2 heterocycles. The second kappa shape index (κ2) is 6.47. The second-order valence-corrected chi connectivity index (χ2v) is 6.05. The van der Waals surface area contributed by atoms with E-state index in [0.29, 0.717) is 18.9 Å². The molecule has 10 heteroatoms. The SMILES string of the molecule is FC(F)(F)Oc1ccc(OC2CC3CCC(C2)N3)c(OC(F)(F)F)c1. The molecule has 2 fully saturated rings. The molecule has 1 N–H and O–H groups in total. The van der Waals surface area contributed by atoms with Crippen LogP contribution in [0.2, 0.25) is 0 Å². The third kappa shape index (κ3) is 5.07. The smallest absolute Gasteiger partial charge is 0.486 e. The predicted molar refractivity (Wildman–Crippen MR) is 73.4 cm³/mol. The summed E-state index contributed by atoms with van der Waals surface area (Å²) in [7, 11) is 0. The van der Waals surface area contributed by atoms with E-state index in [9.17, 15) is 26.3 Å². The van der Waals surface area contributed by atoms with Gasteiger partial charge in [0.2, 0.25) is 0 Å². The lowest BCUT2D eigenvalue weighted by atomic mass is 10.0. The van der Waals surface area contributed by atoms with E-state index in [1.165, 1.54) is 0 Å². The van der Waals surface area contributed by atoms with Gasteiger partial charge in [0.15, 0.2) is 11.5 Å². The summed E-state index contributed by atoms with van der Waals surface area (Å²) in [5, 5.41) is 3.36. The highest BCUT2D eigenvalue weighted by Crippen LogP contribution is 2.39. The van der Waals surface area contributed by atoms with Gasteiger partial charge in [-0.2, -0.15) is 0 Å². The summed E-state index contributed by atoms with van der Waals surface area (Å²) in [5.41, 5.74) is 0. The lowest BCUT2D eigenvalue weighted by molar-refractivity contribution is -0.276. The first-order valence-corrected chi connectivity index (χ1v) is 7.66. The Kier molecular flexibility index (Phi) is 4.65. The Morgan fingerprint density at radius 1 is 0.840 bits per heavy atom. The van der Waals surface area contributed by atoms with Gasteiger partial charge in [-0.15, -0.1) is 26.3 Å². The van der Waals surface area contributed by atoms with Crippen LogP contribution in [0.3, 0.4) is 0 Å². The van der Waals surface area contributed by atoms with E-state index in [4.69, 9.17) is 4.74 Å². The minimum absolute atomic E-state index is 0.239. The van der Waals surface area contributed by atoms with Crippen molar-refractivity contribution in [2.24, 2.45) is 0 Å². The quantitative estimate of drug-likeness (QED) is 0.808. The van der Waals surface area contributed by atoms with Crippen LogP contribution < -0.4 is 19.5 Å². The topological polar surface area (TPSA) is 39.7 Å². The molecule has 2 atom stereocenters. The number of rotatable bonds is 4. The molecule has 4 nitrogen and oxygen atoms in total. The molecule has 140 valence electrons. The van der Waals surface area contributed by atoms with Crippen LogP contribution in [-0.2, 0) is 0 Å². The molecule has 3 rings (SSSR count). The molecule has 2 saturated heterocycles. The fraction of sp³-hybridized carbons (Fsp3) is 0.600. The maximum Gasteiger partial charge on any atom is 0.573 e. The predicted octanol–water partition coefficient (Wildman–Crippen LogP) is 4.15. The summed E-state index contributed by atoms with van der Waals surface area (Å²) in [6.07, 6.45) is -7.26. The van der Waals surface area contributed by atoms with Crippen LogP contribution in [0.4, 0.5) is 26.3 Å². The van der Waals surface area contributed by atoms with Crippen molar-refractivity contribution in [3.63, 3.8) is 0 Å². The van der Waals surface area contributed by atoms with Gasteiger partial charge in [-0.1, -0.05) is 0 Å². The zero-order valence-electron chi connectivity index (χ0n) is 12.8. The van der Waals surface area contributed by atoms with Crippen LogP contribution in [0.5, 0.6) is 17.2 Å². The minimum Gasteiger partial charge on any atom is -0.486 e. The summed E-state index contributed by atoms with van der Waals surface area (Å²) in [5.74, 6) is -1.94. The first-order chi connectivity index (χ1) is 11.6. The normalized spacial score (nSPS) is 26.4. The van der Waals surface area contributed by atoms with Gasteiger partial charge in [-0.25, -0.2) is 0 Å². The molecule has 1 aromatic carbocycles. The third-order valence-corrected chi connectivity index (χ3v) is 4.10. The number of piperidine rings is 1. The molecule has 0 radical (unpaired) electrons. The van der Waals surface area contributed by atoms with Gasteiger partial charge in [0.1, 0.15) is 11.9 Å². The molecule has 25 heavy (non-hydrogen) atoms. The van der Waals surface area contributed by atoms with Crippen LogP contribution in [-0.4, -0.2) is 30.9 Å². The standard InChI is InChI=1S/C15H15F6NO3/c16-14(17,18)24-10-3-4-12(13(7-10)25-15(19,20)21)23-11-5-8-1-2-9(6-11)22-8/h3-4,7-9,11,22H,1-2,5-6H2. The molecule has 0 aliphatic carbocycles. The Hall–Kier alpha value is -1.84. The van der Waals surface area contributed by atoms with Crippen LogP contribution >= 0.6 is 0 Å². The number of hydrogen-bond donors (Lipinski definition) is 1. The molecule has 0 amide bonds. The monoisotopic (exact) mass is 371 g/mol. The summed E-state index contributed by atoms with van der Waals surface area (Å²) in [4.78, 5) is 0. The fourth-order valence-electron chi connectivity index (χ4n) is 3.27. The second-order valence-electron chi connectivity index (χ2n) is 6.05. The number of alkyl halides is 6. The molecule has 0 aromatic heterocycles. The Bertz CT molecular complexity index is 606. The van der Waals surface area contributed by atoms with E-state index >= 15 is 0 Å². The molecule has 2 aliphatic heterocycles. The first kappa shape index (κ1) is 18.0. The van der Waals surface area contributed by atoms with Gasteiger partial charge in [0, 0.05) is 18.2 Å². The van der Waals surface area contributed by atoms with E-state index < -0.39 is 24.2 Å². The van der Waals surface area contributed by atoms with Crippen molar-refractivity contribution in [1.29, 1.82) is 0 Å². The molecular formula is C15H15F6NO3. The highest BCUT2D eigenvalue weighted by molar-refractivity contribution is 5.46. The zero-order chi connectivity index (χ0) is 18.2. The highest BCUT2D eigenvalue weighted by atomic mass is 19.4. The molecule has 2 unspecified atom stereocenters. The van der Waals surface area contributed by atoms with Crippen molar-refractivity contribution in [3.8, 4) is 17.2 Å². The molecule has 0 saturated carbocycles. The van der Waals surface area contributed by atoms with Crippen molar-refractivity contribution in [2.45, 2.75) is 56.6 Å². The highest BCUT2D eigenvalue weighted by Gasteiger charge is 2.37. The first-order valence-electron chi connectivity index (χ1n) is 7.66. The minimum atomic E-state index is -5.07. The van der Waals surface area contributed by atoms with Crippen LogP contribution in [0.25, 0.3) is 0 Å². The average Bonchev–Trinajstić information content (AvgIpc) is 2.77. The summed E-state index contributed by atoms with van der Waals surface area (Å²) >= 11 is 0. The number of benzene rings is 1. The molecular weight excluding hydrogens is 356 g/mol. The average molecular weight is 371 g/mol. The summed E-state index contributed by atoms with van der Waals surface area (Å²) in [6, 6.07) is 2.88. The van der Waals surface area contributed by atoms with Gasteiger partial charge >= 0.3 is 12.7 Å². The molecule has 1 aromatic rings. The Morgan fingerprint density at radius 2 is 1.44 bits per heavy atom. The van der Waals surface area contributed by atoms with Crippen LogP contribution in [0.1, 0.15) is 25.7 Å². The maximum atomic E-state index is 12.6. The Labute approximate surface area is 139 Å². The van der Waals surface area contributed by atoms with Gasteiger partial charge in [-0.05, 0) is 37.8 Å². The van der Waals surface area contributed by atoms with Crippen LogP contribution in [0.15, 0.2) is 18.2 Å². The number of hydrogen-bond acceptors (Lipinski definition) is 4. The molecule has 2 bridgehead atoms. The summed E-state index contributed by atoms with van der Waals surface area (Å²) in [6.45, 7) is 0. The lowest BCUT2D eigenvalue weighted by Crippen LogP contribution is -2.42. The number of fused-ring (bicyclic) bond motifs is 2. The Balaban J connectivity index is 1.79. The molecule has 2 aliphatic rings. The van der Waals surface area contributed by atoms with Crippen molar-refractivity contribution in [2.75, 3.05) is 0 Å². The lowest BCUT2D eigenvalue weighted by Gasteiger charge is -2.30. The van der Waals surface area contributed by atoms with Crippen molar-refractivity contribution >= 4 is 0 Å². The van der Waals surface area contributed by atoms with Gasteiger partial charge in [0.05, 0.1) is 0 Å². The Morgan fingerprint density at radius 3 is 2.00 bits per heavy atom. The van der Waals surface area contributed by atoms with Gasteiger partial charge in [-0.3, -0.25) is 0 Å². The van der Waals surface area contributed by atoms with E-state index in [0.717, 1.165) is 25.0 Å². The van der Waals surface area contributed by atoms with Crippen molar-refractivity contribution in [1.82, 2.24) is 5.32 Å². The number of halogens is 6. The zero-order valence-corrected chi connectivity index (χ0v) is 12.8. The van der Waals surface area contributed by atoms with E-state index in [-0.39, 0.29) is 23.9 Å². The summed E-state index contributed by atoms with van der Waals surface area (Å²) < 4.78 is 87.5. The van der Waals surface area contributed by atoms with Crippen molar-refractivity contribution in [3.05, 3.63) is 18.2 Å². The van der Waals surface area contributed by atoms with Gasteiger partial charge in [0.25, 0.3) is 0 Å². The van der Waals surface area contributed by atoms with Crippen molar-refractivity contribution < 1.29 is 40.6 Å². The third-order valence-electron chi connectivity index (χ3n) is 4.10. The van der Waals surface area contributed by atoms with Gasteiger partial charge < -0.3 is 19.5 Å². The molecule has 0 spiro atoms. The van der Waals surface area contributed by atoms with E-state index in [2.05, 4.69) is 14.8 Å². The van der Waals surface area contributed by atoms with E-state index in [1.54, 1.807) is 0 Å².